The molecular weight excluding hydrogens is 296 g/mol. The van der Waals surface area contributed by atoms with Gasteiger partial charge < -0.3 is 10.2 Å². The number of hydrogen-bond acceptors (Lipinski definition) is 6. The van der Waals surface area contributed by atoms with Gasteiger partial charge in [-0.15, -0.1) is 0 Å². The van der Waals surface area contributed by atoms with E-state index in [1.165, 1.54) is 12.1 Å². The quantitative estimate of drug-likeness (QED) is 0.499. The molecule has 2 rings (SSSR count). The zero-order chi connectivity index (χ0) is 15.4. The fourth-order valence-corrected chi connectivity index (χ4v) is 1.98. The number of pyridine rings is 1. The Morgan fingerprint density at radius 2 is 2.19 bits per heavy atom. The van der Waals surface area contributed by atoms with Gasteiger partial charge in [-0.3, -0.25) is 10.1 Å². The van der Waals surface area contributed by atoms with E-state index >= 15 is 0 Å². The van der Waals surface area contributed by atoms with E-state index in [2.05, 4.69) is 10.4 Å². The van der Waals surface area contributed by atoms with Crippen LogP contribution in [0.5, 0.6) is 11.6 Å². The molecule has 0 atom stereocenters. The molecule has 1 aromatic heterocycles. The van der Waals surface area contributed by atoms with Crippen molar-refractivity contribution in [2.24, 2.45) is 5.84 Å². The van der Waals surface area contributed by atoms with Gasteiger partial charge in [-0.05, 0) is 30.2 Å². The zero-order valence-electron chi connectivity index (χ0n) is 11.2. The topological polar surface area (TPSA) is 103 Å². The molecule has 1 heterocycles. The van der Waals surface area contributed by atoms with Crippen LogP contribution in [-0.2, 0) is 6.42 Å². The van der Waals surface area contributed by atoms with Crippen molar-refractivity contribution in [1.29, 1.82) is 0 Å². The van der Waals surface area contributed by atoms with Crippen LogP contribution in [0.1, 0.15) is 12.5 Å². The number of aromatic nitrogens is 1. The summed E-state index contributed by atoms with van der Waals surface area (Å²) in [5.74, 6) is 5.94. The van der Waals surface area contributed by atoms with Crippen molar-refractivity contribution >= 4 is 23.1 Å². The fraction of sp³-hybridized carbons (Fsp3) is 0.154. The second-order valence-electron chi connectivity index (χ2n) is 4.16. The third kappa shape index (κ3) is 3.59. The van der Waals surface area contributed by atoms with Crippen molar-refractivity contribution in [1.82, 2.24) is 4.98 Å². The van der Waals surface area contributed by atoms with Crippen LogP contribution in [0.4, 0.5) is 11.5 Å². The number of ether oxygens (including phenoxy) is 1. The standard InChI is InChI=1S/C13H13ClN4O3/c1-2-8-5-10(3-4-11(8)14)21-13-7-9(18(19)20)6-12(16-13)17-15/h3-7H,2,15H2,1H3,(H,16,17). The molecule has 1 aromatic carbocycles. The highest BCUT2D eigenvalue weighted by molar-refractivity contribution is 6.31. The van der Waals surface area contributed by atoms with Gasteiger partial charge in [-0.25, -0.2) is 5.84 Å². The monoisotopic (exact) mass is 308 g/mol. The molecule has 0 spiro atoms. The van der Waals surface area contributed by atoms with Crippen LogP contribution in [0.25, 0.3) is 0 Å². The normalized spacial score (nSPS) is 10.2. The second kappa shape index (κ2) is 6.38. The molecule has 0 radical (unpaired) electrons. The minimum absolute atomic E-state index is 0.0709. The van der Waals surface area contributed by atoms with Gasteiger partial charge in [0.25, 0.3) is 5.69 Å². The van der Waals surface area contributed by atoms with E-state index in [1.54, 1.807) is 18.2 Å². The third-order valence-electron chi connectivity index (χ3n) is 2.77. The molecule has 7 nitrogen and oxygen atoms in total. The summed E-state index contributed by atoms with van der Waals surface area (Å²) in [6.45, 7) is 1.97. The lowest BCUT2D eigenvalue weighted by Gasteiger charge is -2.08. The molecule has 0 unspecified atom stereocenters. The lowest BCUT2D eigenvalue weighted by atomic mass is 10.1. The van der Waals surface area contributed by atoms with E-state index in [0.717, 1.165) is 12.0 Å². The largest absolute Gasteiger partial charge is 0.439 e. The molecule has 0 fully saturated rings. The highest BCUT2D eigenvalue weighted by Gasteiger charge is 2.12. The average molecular weight is 309 g/mol. The van der Waals surface area contributed by atoms with Gasteiger partial charge in [-0.2, -0.15) is 4.98 Å². The van der Waals surface area contributed by atoms with Crippen LogP contribution >= 0.6 is 11.6 Å². The second-order valence-corrected chi connectivity index (χ2v) is 4.57. The molecule has 3 N–H and O–H groups in total. The maximum atomic E-state index is 10.9. The number of nitrogens with two attached hydrogens (primary N) is 1. The Balaban J connectivity index is 2.34. The Hall–Kier alpha value is -2.38. The number of aryl methyl sites for hydroxylation is 1. The van der Waals surface area contributed by atoms with Gasteiger partial charge in [0.2, 0.25) is 5.88 Å². The minimum atomic E-state index is -0.547. The summed E-state index contributed by atoms with van der Waals surface area (Å²) < 4.78 is 5.54. The van der Waals surface area contributed by atoms with Crippen LogP contribution in [0.3, 0.4) is 0 Å². The molecule has 21 heavy (non-hydrogen) atoms. The first-order valence-electron chi connectivity index (χ1n) is 6.13. The summed E-state index contributed by atoms with van der Waals surface area (Å²) in [4.78, 5) is 14.3. The van der Waals surface area contributed by atoms with Crippen molar-refractivity contribution in [3.05, 3.63) is 51.0 Å². The maximum absolute atomic E-state index is 10.9. The van der Waals surface area contributed by atoms with Gasteiger partial charge >= 0.3 is 0 Å². The molecule has 0 saturated heterocycles. The lowest BCUT2D eigenvalue weighted by Crippen LogP contribution is -2.09. The Bertz CT molecular complexity index is 678. The molecule has 0 aliphatic heterocycles. The molecule has 0 amide bonds. The highest BCUT2D eigenvalue weighted by Crippen LogP contribution is 2.28. The Morgan fingerprint density at radius 3 is 2.81 bits per heavy atom. The SMILES string of the molecule is CCc1cc(Oc2cc([N+](=O)[O-])cc(NN)n2)ccc1Cl. The van der Waals surface area contributed by atoms with Gasteiger partial charge in [0.15, 0.2) is 5.82 Å². The van der Waals surface area contributed by atoms with E-state index in [0.29, 0.717) is 10.8 Å². The third-order valence-corrected chi connectivity index (χ3v) is 3.13. The van der Waals surface area contributed by atoms with Crippen molar-refractivity contribution in [2.45, 2.75) is 13.3 Å². The van der Waals surface area contributed by atoms with Gasteiger partial charge in [0.05, 0.1) is 17.1 Å². The van der Waals surface area contributed by atoms with Crippen molar-refractivity contribution in [2.75, 3.05) is 5.43 Å². The average Bonchev–Trinajstić information content (AvgIpc) is 2.48. The molecule has 110 valence electrons. The number of nitrogens with one attached hydrogen (secondary N) is 1. The Morgan fingerprint density at radius 1 is 1.43 bits per heavy atom. The first kappa shape index (κ1) is 15.0. The number of hydrogen-bond donors (Lipinski definition) is 2. The molecule has 0 saturated carbocycles. The first-order chi connectivity index (χ1) is 10.0. The number of hydrazine groups is 1. The Labute approximate surface area is 125 Å². The minimum Gasteiger partial charge on any atom is -0.439 e. The number of nitrogen functional groups attached to an aromatic ring is 1. The number of anilines is 1. The van der Waals surface area contributed by atoms with E-state index in [4.69, 9.17) is 22.2 Å². The lowest BCUT2D eigenvalue weighted by molar-refractivity contribution is -0.384. The van der Waals surface area contributed by atoms with Crippen LogP contribution in [-0.4, -0.2) is 9.91 Å². The van der Waals surface area contributed by atoms with Crippen LogP contribution < -0.4 is 16.0 Å². The smallest absolute Gasteiger partial charge is 0.278 e. The maximum Gasteiger partial charge on any atom is 0.278 e. The molecule has 0 bridgehead atoms. The van der Waals surface area contributed by atoms with E-state index in [9.17, 15) is 10.1 Å². The predicted octanol–water partition coefficient (Wildman–Crippen LogP) is 3.28. The molecule has 2 aromatic rings. The van der Waals surface area contributed by atoms with E-state index < -0.39 is 4.92 Å². The van der Waals surface area contributed by atoms with Crippen molar-refractivity contribution in [3.8, 4) is 11.6 Å². The number of nitro groups is 1. The zero-order valence-corrected chi connectivity index (χ0v) is 11.9. The summed E-state index contributed by atoms with van der Waals surface area (Å²) in [6, 6.07) is 7.57. The fourth-order valence-electron chi connectivity index (χ4n) is 1.73. The first-order valence-corrected chi connectivity index (χ1v) is 6.50. The molecular formula is C13H13ClN4O3. The van der Waals surface area contributed by atoms with Crippen molar-refractivity contribution in [3.63, 3.8) is 0 Å². The summed E-state index contributed by atoms with van der Waals surface area (Å²) in [6.07, 6.45) is 0.744. The van der Waals surface area contributed by atoms with Crippen LogP contribution in [0.2, 0.25) is 5.02 Å². The molecule has 8 heteroatoms. The highest BCUT2D eigenvalue weighted by atomic mass is 35.5. The molecule has 0 aliphatic carbocycles. The predicted molar refractivity (Wildman–Crippen MR) is 79.6 cm³/mol. The van der Waals surface area contributed by atoms with E-state index in [1.807, 2.05) is 6.92 Å². The number of benzene rings is 1. The summed E-state index contributed by atoms with van der Waals surface area (Å²) in [5, 5.41) is 11.5. The van der Waals surface area contributed by atoms with Gasteiger partial charge in [0.1, 0.15) is 5.75 Å². The van der Waals surface area contributed by atoms with Gasteiger partial charge in [-0.1, -0.05) is 18.5 Å². The van der Waals surface area contributed by atoms with E-state index in [-0.39, 0.29) is 17.4 Å². The number of halogens is 1. The summed E-state index contributed by atoms with van der Waals surface area (Å²) >= 11 is 6.03. The number of rotatable bonds is 5. The molecule has 0 aliphatic rings. The van der Waals surface area contributed by atoms with Crippen molar-refractivity contribution < 1.29 is 9.66 Å². The van der Waals surface area contributed by atoms with Crippen LogP contribution in [0, 0.1) is 10.1 Å². The summed E-state index contributed by atoms with van der Waals surface area (Å²) in [5.41, 5.74) is 3.01. The number of nitrogens with zero attached hydrogens (tertiary/aromatic N) is 2. The van der Waals surface area contributed by atoms with Gasteiger partial charge in [0, 0.05) is 5.02 Å². The Kier molecular flexibility index (Phi) is 4.56. The van der Waals surface area contributed by atoms with Crippen LogP contribution in [0.15, 0.2) is 30.3 Å². The summed E-state index contributed by atoms with van der Waals surface area (Å²) in [7, 11) is 0.